The first-order chi connectivity index (χ1) is 12.8. The smallest absolute Gasteiger partial charge is 0.425 e. The topological polar surface area (TPSA) is 55.1 Å². The van der Waals surface area contributed by atoms with E-state index in [2.05, 4.69) is 4.98 Å². The standard InChI is InChI=1S/C18H10F4N2O2S/c19-13-3-1-11(2-4-13)9-25-16-5-12(8-23)6-17(24-16)26-14-7-15(27-10-14)18(20,21)22/h1-7,10H,9H2. The zero-order valence-corrected chi connectivity index (χ0v) is 14.3. The third-order valence-corrected chi connectivity index (χ3v) is 4.24. The number of nitriles is 1. The number of alkyl halides is 3. The minimum absolute atomic E-state index is 0.0422. The Hall–Kier alpha value is -3.12. The Morgan fingerprint density at radius 1 is 1.07 bits per heavy atom. The minimum Gasteiger partial charge on any atom is -0.473 e. The van der Waals surface area contributed by atoms with Crippen LogP contribution in [0.4, 0.5) is 17.6 Å². The lowest BCUT2D eigenvalue weighted by atomic mass is 10.2. The van der Waals surface area contributed by atoms with Crippen molar-refractivity contribution in [2.75, 3.05) is 0 Å². The number of hydrogen-bond donors (Lipinski definition) is 0. The summed E-state index contributed by atoms with van der Waals surface area (Å²) in [6.45, 7) is 0.0677. The van der Waals surface area contributed by atoms with Gasteiger partial charge in [0.05, 0.1) is 11.6 Å². The molecule has 0 aliphatic heterocycles. The fraction of sp³-hybridized carbons (Fsp3) is 0.111. The second-order valence-corrected chi connectivity index (χ2v) is 6.22. The molecule has 1 aromatic carbocycles. The van der Waals surface area contributed by atoms with Gasteiger partial charge in [0.15, 0.2) is 0 Å². The van der Waals surface area contributed by atoms with Crippen LogP contribution < -0.4 is 9.47 Å². The maximum Gasteiger partial charge on any atom is 0.425 e. The average molecular weight is 394 g/mol. The minimum atomic E-state index is -4.46. The fourth-order valence-electron chi connectivity index (χ4n) is 2.05. The second-order valence-electron chi connectivity index (χ2n) is 5.31. The molecule has 27 heavy (non-hydrogen) atoms. The van der Waals surface area contributed by atoms with Crippen molar-refractivity contribution in [3.8, 4) is 23.6 Å². The van der Waals surface area contributed by atoms with E-state index in [1.807, 2.05) is 6.07 Å². The molecule has 0 saturated carbocycles. The van der Waals surface area contributed by atoms with Crippen molar-refractivity contribution >= 4 is 11.3 Å². The van der Waals surface area contributed by atoms with Crippen molar-refractivity contribution in [3.05, 3.63) is 69.7 Å². The Labute approximate surface area is 155 Å². The van der Waals surface area contributed by atoms with Crippen LogP contribution in [0.5, 0.6) is 17.5 Å². The molecule has 9 heteroatoms. The SMILES string of the molecule is N#Cc1cc(OCc2ccc(F)cc2)nc(Oc2csc(C(F)(F)F)c2)c1. The molecule has 0 unspecified atom stereocenters. The number of hydrogen-bond acceptors (Lipinski definition) is 5. The molecule has 0 bridgehead atoms. The first-order valence-electron chi connectivity index (χ1n) is 7.46. The van der Waals surface area contributed by atoms with Gasteiger partial charge in [0.1, 0.15) is 23.1 Å². The van der Waals surface area contributed by atoms with Crippen LogP contribution >= 0.6 is 11.3 Å². The predicted molar refractivity (Wildman–Crippen MR) is 89.1 cm³/mol. The molecule has 4 nitrogen and oxygen atoms in total. The molecule has 2 aromatic heterocycles. The van der Waals surface area contributed by atoms with Gasteiger partial charge in [-0.3, -0.25) is 0 Å². The van der Waals surface area contributed by atoms with Crippen LogP contribution in [-0.2, 0) is 12.8 Å². The van der Waals surface area contributed by atoms with Gasteiger partial charge in [0.2, 0.25) is 11.8 Å². The Morgan fingerprint density at radius 2 is 1.78 bits per heavy atom. The molecule has 3 rings (SSSR count). The molecule has 3 aromatic rings. The van der Waals surface area contributed by atoms with Crippen LogP contribution in [0.25, 0.3) is 0 Å². The van der Waals surface area contributed by atoms with E-state index in [0.29, 0.717) is 16.9 Å². The van der Waals surface area contributed by atoms with Gasteiger partial charge in [-0.25, -0.2) is 4.39 Å². The number of nitrogens with zero attached hydrogens (tertiary/aromatic N) is 2. The Balaban J connectivity index is 1.76. The van der Waals surface area contributed by atoms with E-state index in [1.54, 1.807) is 0 Å². The van der Waals surface area contributed by atoms with Crippen LogP contribution in [0.3, 0.4) is 0 Å². The summed E-state index contributed by atoms with van der Waals surface area (Å²) in [6, 6.07) is 11.0. The third kappa shape index (κ3) is 4.95. The predicted octanol–water partition coefficient (Wildman–Crippen LogP) is 5.54. The van der Waals surface area contributed by atoms with Gasteiger partial charge in [-0.05, 0) is 17.7 Å². The maximum absolute atomic E-state index is 12.9. The van der Waals surface area contributed by atoms with E-state index in [-0.39, 0.29) is 35.5 Å². The molecule has 0 radical (unpaired) electrons. The van der Waals surface area contributed by atoms with E-state index in [9.17, 15) is 17.6 Å². The second kappa shape index (κ2) is 7.63. The van der Waals surface area contributed by atoms with Crippen LogP contribution in [0.1, 0.15) is 16.0 Å². The number of halogens is 4. The molecular weight excluding hydrogens is 384 g/mol. The Kier molecular flexibility index (Phi) is 5.28. The Bertz CT molecular complexity index is 978. The van der Waals surface area contributed by atoms with E-state index >= 15 is 0 Å². The molecule has 2 heterocycles. The number of rotatable bonds is 5. The fourth-order valence-corrected chi connectivity index (χ4v) is 2.73. The van der Waals surface area contributed by atoms with E-state index < -0.39 is 11.1 Å². The monoisotopic (exact) mass is 394 g/mol. The summed E-state index contributed by atoms with van der Waals surface area (Å²) in [5.74, 6) is -0.443. The molecule has 0 N–H and O–H groups in total. The first kappa shape index (κ1) is 18.7. The zero-order valence-electron chi connectivity index (χ0n) is 13.5. The van der Waals surface area contributed by atoms with Gasteiger partial charge >= 0.3 is 6.18 Å². The molecular formula is C18H10F4N2O2S. The molecule has 0 fully saturated rings. The molecule has 0 atom stereocenters. The number of aromatic nitrogens is 1. The van der Waals surface area contributed by atoms with E-state index in [1.165, 1.54) is 41.8 Å². The molecule has 138 valence electrons. The van der Waals surface area contributed by atoms with E-state index in [4.69, 9.17) is 14.7 Å². The largest absolute Gasteiger partial charge is 0.473 e. The molecule has 0 aliphatic rings. The highest BCUT2D eigenvalue weighted by atomic mass is 32.1. The van der Waals surface area contributed by atoms with Crippen molar-refractivity contribution in [2.24, 2.45) is 0 Å². The van der Waals surface area contributed by atoms with Crippen molar-refractivity contribution in [2.45, 2.75) is 12.8 Å². The number of ether oxygens (including phenoxy) is 2. The lowest BCUT2D eigenvalue weighted by Crippen LogP contribution is -2.01. The van der Waals surface area contributed by atoms with Gasteiger partial charge < -0.3 is 9.47 Å². The quantitative estimate of drug-likeness (QED) is 0.533. The summed E-state index contributed by atoms with van der Waals surface area (Å²) in [7, 11) is 0. The number of thiophene rings is 1. The number of pyridine rings is 1. The van der Waals surface area contributed by atoms with Crippen molar-refractivity contribution in [3.63, 3.8) is 0 Å². The first-order valence-corrected chi connectivity index (χ1v) is 8.34. The molecule has 0 saturated heterocycles. The van der Waals surface area contributed by atoms with Gasteiger partial charge in [0, 0.05) is 23.6 Å². The summed E-state index contributed by atoms with van der Waals surface area (Å²) in [4.78, 5) is 3.23. The van der Waals surface area contributed by atoms with E-state index in [0.717, 1.165) is 6.07 Å². The lowest BCUT2D eigenvalue weighted by molar-refractivity contribution is -0.134. The van der Waals surface area contributed by atoms with Crippen molar-refractivity contribution in [1.29, 1.82) is 5.26 Å². The highest BCUT2D eigenvalue weighted by Gasteiger charge is 2.32. The Morgan fingerprint density at radius 3 is 2.41 bits per heavy atom. The number of benzene rings is 1. The van der Waals surface area contributed by atoms with Gasteiger partial charge in [0.25, 0.3) is 0 Å². The van der Waals surface area contributed by atoms with Gasteiger partial charge in [-0.1, -0.05) is 12.1 Å². The lowest BCUT2D eigenvalue weighted by Gasteiger charge is -2.08. The zero-order chi connectivity index (χ0) is 19.4. The average Bonchev–Trinajstić information content (AvgIpc) is 3.10. The van der Waals surface area contributed by atoms with Crippen LogP contribution in [0, 0.1) is 17.1 Å². The molecule has 0 spiro atoms. The normalized spacial score (nSPS) is 11.1. The van der Waals surface area contributed by atoms with Crippen molar-refractivity contribution < 1.29 is 27.0 Å². The summed E-state index contributed by atoms with van der Waals surface area (Å²) >= 11 is 0.494. The van der Waals surface area contributed by atoms with Gasteiger partial charge in [-0.2, -0.15) is 23.4 Å². The van der Waals surface area contributed by atoms with Crippen LogP contribution in [0.15, 0.2) is 47.8 Å². The highest BCUT2D eigenvalue weighted by molar-refractivity contribution is 7.10. The van der Waals surface area contributed by atoms with Crippen LogP contribution in [-0.4, -0.2) is 4.98 Å². The summed E-state index contributed by atoms with van der Waals surface area (Å²) < 4.78 is 61.7. The highest BCUT2D eigenvalue weighted by Crippen LogP contribution is 2.37. The summed E-state index contributed by atoms with van der Waals surface area (Å²) in [5.41, 5.74) is 0.844. The summed E-state index contributed by atoms with van der Waals surface area (Å²) in [6.07, 6.45) is -4.46. The summed E-state index contributed by atoms with van der Waals surface area (Å²) in [5, 5.41) is 10.3. The maximum atomic E-state index is 12.9. The molecule has 0 aliphatic carbocycles. The molecule has 0 amide bonds. The third-order valence-electron chi connectivity index (χ3n) is 3.28. The van der Waals surface area contributed by atoms with Crippen LogP contribution in [0.2, 0.25) is 0 Å². The van der Waals surface area contributed by atoms with Crippen molar-refractivity contribution in [1.82, 2.24) is 4.98 Å². The van der Waals surface area contributed by atoms with Gasteiger partial charge in [-0.15, -0.1) is 11.3 Å².